The molecule has 0 saturated carbocycles. The first-order valence-electron chi connectivity index (χ1n) is 8.32. The van der Waals surface area contributed by atoms with Gasteiger partial charge in [0.15, 0.2) is 0 Å². The van der Waals surface area contributed by atoms with Gasteiger partial charge in [0, 0.05) is 18.7 Å². The highest BCUT2D eigenvalue weighted by atomic mass is 32.2. The zero-order valence-electron chi connectivity index (χ0n) is 14.1. The van der Waals surface area contributed by atoms with E-state index in [4.69, 9.17) is 9.15 Å². The van der Waals surface area contributed by atoms with Gasteiger partial charge in [-0.15, -0.1) is 11.8 Å². The number of hydrogen-bond donors (Lipinski definition) is 0. The van der Waals surface area contributed by atoms with Crippen LogP contribution in [0.1, 0.15) is 47.3 Å². The van der Waals surface area contributed by atoms with Crippen LogP contribution in [0, 0.1) is 0 Å². The number of thioether (sulfide) groups is 1. The van der Waals surface area contributed by atoms with Gasteiger partial charge in [-0.2, -0.15) is 0 Å². The minimum atomic E-state index is 0.0397. The number of hydrogen-bond acceptors (Lipinski definition) is 4. The van der Waals surface area contributed by atoms with Crippen LogP contribution in [0.15, 0.2) is 47.1 Å². The van der Waals surface area contributed by atoms with E-state index in [0.717, 1.165) is 29.1 Å². The van der Waals surface area contributed by atoms with Gasteiger partial charge in [0.05, 0.1) is 18.1 Å². The maximum Gasteiger partial charge on any atom is 0.255 e. The number of furan rings is 1. The van der Waals surface area contributed by atoms with E-state index >= 15 is 0 Å². The van der Waals surface area contributed by atoms with E-state index in [-0.39, 0.29) is 17.4 Å². The number of rotatable bonds is 8. The molecule has 0 aliphatic carbocycles. The van der Waals surface area contributed by atoms with E-state index in [2.05, 4.69) is 6.07 Å². The van der Waals surface area contributed by atoms with Gasteiger partial charge in [-0.25, -0.2) is 0 Å². The van der Waals surface area contributed by atoms with E-state index in [1.807, 2.05) is 49.1 Å². The van der Waals surface area contributed by atoms with Gasteiger partial charge in [0.2, 0.25) is 0 Å². The molecule has 1 aromatic carbocycles. The monoisotopic (exact) mass is 345 g/mol. The van der Waals surface area contributed by atoms with Crippen LogP contribution in [-0.4, -0.2) is 30.1 Å². The number of carbonyl (C=O) groups is 1. The Morgan fingerprint density at radius 2 is 2.08 bits per heavy atom. The lowest BCUT2D eigenvalue weighted by atomic mass is 10.1. The highest BCUT2D eigenvalue weighted by Crippen LogP contribution is 2.42. The van der Waals surface area contributed by atoms with Crippen molar-refractivity contribution < 1.29 is 13.9 Å². The van der Waals surface area contributed by atoms with Gasteiger partial charge < -0.3 is 14.1 Å². The van der Waals surface area contributed by atoms with Gasteiger partial charge in [-0.3, -0.25) is 4.79 Å². The molecule has 2 heterocycles. The van der Waals surface area contributed by atoms with Crippen LogP contribution in [0.5, 0.6) is 0 Å². The van der Waals surface area contributed by atoms with Crippen molar-refractivity contribution in [1.29, 1.82) is 0 Å². The Kier molecular flexibility index (Phi) is 5.63. The minimum absolute atomic E-state index is 0.0397. The second-order valence-electron chi connectivity index (χ2n) is 6.10. The van der Waals surface area contributed by atoms with Crippen molar-refractivity contribution in [3.8, 4) is 0 Å². The summed E-state index contributed by atoms with van der Waals surface area (Å²) in [5.74, 6) is 1.80. The highest BCUT2D eigenvalue weighted by molar-refractivity contribution is 7.98. The van der Waals surface area contributed by atoms with Gasteiger partial charge in [0.25, 0.3) is 5.91 Å². The Balaban J connectivity index is 1.69. The molecule has 2 aromatic rings. The molecule has 0 bridgehead atoms. The molecule has 0 fully saturated rings. The van der Waals surface area contributed by atoms with Crippen LogP contribution in [-0.2, 0) is 10.5 Å². The number of ether oxygens (including phenoxy) is 1. The number of carbonyl (C=O) groups excluding carboxylic acids is 1. The summed E-state index contributed by atoms with van der Waals surface area (Å²) >= 11 is 1.73. The molecule has 3 rings (SSSR count). The molecule has 4 nitrogen and oxygen atoms in total. The molecule has 0 radical (unpaired) electrons. The fraction of sp³-hybridized carbons (Fsp3) is 0.421. The average molecular weight is 345 g/mol. The first-order chi connectivity index (χ1) is 11.7. The summed E-state index contributed by atoms with van der Waals surface area (Å²) in [7, 11) is 0. The lowest BCUT2D eigenvalue weighted by molar-refractivity contribution is 0.0625. The third kappa shape index (κ3) is 3.84. The Morgan fingerprint density at radius 3 is 2.83 bits per heavy atom. The fourth-order valence-electron chi connectivity index (χ4n) is 2.84. The molecule has 1 atom stereocenters. The van der Waals surface area contributed by atoms with Gasteiger partial charge >= 0.3 is 0 Å². The lowest BCUT2D eigenvalue weighted by Gasteiger charge is -2.25. The standard InChI is InChI=1S/C19H23NO3S/c1-14(2)22-12-6-10-20-18(21)16-8-3-4-9-17(16)19(20)24-13-15-7-5-11-23-15/h3-5,7-9,11,14,19H,6,10,12-13H2,1-2H3. The average Bonchev–Trinajstić information content (AvgIpc) is 3.17. The van der Waals surface area contributed by atoms with Crippen molar-refractivity contribution in [2.24, 2.45) is 0 Å². The van der Waals surface area contributed by atoms with E-state index in [1.165, 1.54) is 0 Å². The topological polar surface area (TPSA) is 42.7 Å². The second-order valence-corrected chi connectivity index (χ2v) is 7.17. The Labute approximate surface area is 147 Å². The van der Waals surface area contributed by atoms with Crippen molar-refractivity contribution in [1.82, 2.24) is 4.90 Å². The lowest BCUT2D eigenvalue weighted by Crippen LogP contribution is -2.28. The molecule has 1 amide bonds. The zero-order chi connectivity index (χ0) is 16.9. The molecule has 0 saturated heterocycles. The largest absolute Gasteiger partial charge is 0.468 e. The van der Waals surface area contributed by atoms with Crippen molar-refractivity contribution in [3.05, 3.63) is 59.5 Å². The van der Waals surface area contributed by atoms with Crippen molar-refractivity contribution in [2.45, 2.75) is 37.5 Å². The predicted octanol–water partition coefficient (Wildman–Crippen LogP) is 4.48. The molecule has 24 heavy (non-hydrogen) atoms. The van der Waals surface area contributed by atoms with E-state index in [0.29, 0.717) is 13.2 Å². The van der Waals surface area contributed by atoms with Crippen molar-refractivity contribution in [3.63, 3.8) is 0 Å². The van der Waals surface area contributed by atoms with Crippen LogP contribution in [0.2, 0.25) is 0 Å². The van der Waals surface area contributed by atoms with Gasteiger partial charge in [0.1, 0.15) is 11.1 Å². The Hall–Kier alpha value is -1.72. The summed E-state index contributed by atoms with van der Waals surface area (Å²) in [6.07, 6.45) is 2.75. The number of nitrogens with zero attached hydrogens (tertiary/aromatic N) is 1. The molecule has 1 aliphatic rings. The minimum Gasteiger partial charge on any atom is -0.468 e. The molecule has 128 valence electrons. The summed E-state index contributed by atoms with van der Waals surface area (Å²) in [6, 6.07) is 11.8. The molecular formula is C19H23NO3S. The first kappa shape index (κ1) is 17.1. The van der Waals surface area contributed by atoms with Crippen LogP contribution >= 0.6 is 11.8 Å². The highest BCUT2D eigenvalue weighted by Gasteiger charge is 2.36. The third-order valence-corrected chi connectivity index (χ3v) is 5.23. The summed E-state index contributed by atoms with van der Waals surface area (Å²) < 4.78 is 11.0. The molecule has 5 heteroatoms. The Morgan fingerprint density at radius 1 is 1.25 bits per heavy atom. The molecule has 1 aliphatic heterocycles. The summed E-state index contributed by atoms with van der Waals surface area (Å²) in [5, 5.41) is 0.0397. The van der Waals surface area contributed by atoms with Crippen LogP contribution in [0.25, 0.3) is 0 Å². The molecule has 1 aromatic heterocycles. The molecule has 1 unspecified atom stereocenters. The SMILES string of the molecule is CC(C)OCCCN1C(=O)c2ccccc2C1SCc1ccco1. The second kappa shape index (κ2) is 7.90. The summed E-state index contributed by atoms with van der Waals surface area (Å²) in [5.41, 5.74) is 1.92. The van der Waals surface area contributed by atoms with Crippen LogP contribution in [0.3, 0.4) is 0 Å². The van der Waals surface area contributed by atoms with Crippen molar-refractivity contribution in [2.75, 3.05) is 13.2 Å². The molecule has 0 N–H and O–H groups in total. The van der Waals surface area contributed by atoms with Gasteiger partial charge in [-0.1, -0.05) is 18.2 Å². The number of benzene rings is 1. The zero-order valence-corrected chi connectivity index (χ0v) is 14.9. The Bertz CT molecular complexity index is 669. The predicted molar refractivity (Wildman–Crippen MR) is 95.9 cm³/mol. The maximum absolute atomic E-state index is 12.7. The number of fused-ring (bicyclic) bond motifs is 1. The van der Waals surface area contributed by atoms with Crippen LogP contribution < -0.4 is 0 Å². The van der Waals surface area contributed by atoms with E-state index in [1.54, 1.807) is 18.0 Å². The summed E-state index contributed by atoms with van der Waals surface area (Å²) in [4.78, 5) is 14.7. The first-order valence-corrected chi connectivity index (χ1v) is 9.37. The normalized spacial score (nSPS) is 16.9. The van der Waals surface area contributed by atoms with E-state index < -0.39 is 0 Å². The fourth-order valence-corrected chi connectivity index (χ4v) is 4.10. The van der Waals surface area contributed by atoms with E-state index in [9.17, 15) is 4.79 Å². The van der Waals surface area contributed by atoms with Crippen molar-refractivity contribution >= 4 is 17.7 Å². The maximum atomic E-state index is 12.7. The smallest absolute Gasteiger partial charge is 0.255 e. The van der Waals surface area contributed by atoms with Gasteiger partial charge in [-0.05, 0) is 44.0 Å². The number of amides is 1. The summed E-state index contributed by atoms with van der Waals surface area (Å²) in [6.45, 7) is 5.43. The molecule has 0 spiro atoms. The third-order valence-electron chi connectivity index (χ3n) is 3.96. The molecular weight excluding hydrogens is 322 g/mol. The van der Waals surface area contributed by atoms with Crippen LogP contribution in [0.4, 0.5) is 0 Å². The quantitative estimate of drug-likeness (QED) is 0.662.